The Morgan fingerprint density at radius 2 is 2.11 bits per heavy atom. The molecule has 28 heavy (non-hydrogen) atoms. The molecule has 0 aromatic carbocycles. The molecule has 3 N–H and O–H groups in total. The first-order valence-corrected chi connectivity index (χ1v) is 10.4. The summed E-state index contributed by atoms with van der Waals surface area (Å²) in [6.07, 6.45) is 18.0. The average molecular weight is 380 g/mol. The van der Waals surface area contributed by atoms with Gasteiger partial charge in [0.25, 0.3) is 0 Å². The summed E-state index contributed by atoms with van der Waals surface area (Å²) in [7, 11) is 0. The number of hydrogen-bond donors (Lipinski definition) is 3. The SMILES string of the molecule is C\C=C/N=C1\C=C(CNC2=CNC(C)C=C2N2CCNCC2)C=C\C1=C/CC. The number of hydrogen-bond acceptors (Lipinski definition) is 5. The lowest BCUT2D eigenvalue weighted by Gasteiger charge is -2.35. The van der Waals surface area contributed by atoms with Crippen molar-refractivity contribution in [3.63, 3.8) is 0 Å². The summed E-state index contributed by atoms with van der Waals surface area (Å²) in [5.41, 5.74) is 5.92. The maximum atomic E-state index is 4.60. The number of dihydropyridines is 1. The highest BCUT2D eigenvalue weighted by molar-refractivity contribution is 6.12. The molecule has 3 aliphatic rings. The molecule has 0 saturated carbocycles. The zero-order valence-electron chi connectivity index (χ0n) is 17.3. The number of nitrogens with zero attached hydrogens (tertiary/aromatic N) is 2. The summed E-state index contributed by atoms with van der Waals surface area (Å²) in [5, 5.41) is 10.5. The molecule has 1 aliphatic carbocycles. The monoisotopic (exact) mass is 379 g/mol. The van der Waals surface area contributed by atoms with Crippen LogP contribution in [0.25, 0.3) is 0 Å². The number of aliphatic imine (C=N–C) groups is 1. The van der Waals surface area contributed by atoms with E-state index in [0.29, 0.717) is 6.04 Å². The van der Waals surface area contributed by atoms with Gasteiger partial charge in [-0.05, 0) is 43.6 Å². The molecule has 2 aliphatic heterocycles. The standard InChI is InChI=1S/C23H33N5/c1-4-6-20-8-7-19(15-21(20)25-9-5-2)16-27-22-17-26-18(3)14-23(22)28-12-10-24-11-13-28/h5-9,14-15,17-18,24,26-27H,4,10-13,16H2,1-3H3/b9-5-,20-6+,25-21+. The van der Waals surface area contributed by atoms with Gasteiger partial charge in [0.1, 0.15) is 0 Å². The van der Waals surface area contributed by atoms with Crippen LogP contribution in [0.1, 0.15) is 27.2 Å². The van der Waals surface area contributed by atoms with E-state index < -0.39 is 0 Å². The Balaban J connectivity index is 1.70. The van der Waals surface area contributed by atoms with Gasteiger partial charge in [0.05, 0.1) is 17.1 Å². The molecule has 0 aromatic rings. The van der Waals surface area contributed by atoms with Gasteiger partial charge in [0.2, 0.25) is 0 Å². The zero-order valence-corrected chi connectivity index (χ0v) is 17.3. The molecule has 2 heterocycles. The van der Waals surface area contributed by atoms with Crippen LogP contribution in [0.15, 0.2) is 76.4 Å². The van der Waals surface area contributed by atoms with Crippen molar-refractivity contribution in [2.75, 3.05) is 32.7 Å². The highest BCUT2D eigenvalue weighted by Gasteiger charge is 2.20. The summed E-state index contributed by atoms with van der Waals surface area (Å²) in [5.74, 6) is 0. The fourth-order valence-electron chi connectivity index (χ4n) is 3.54. The molecule has 5 heteroatoms. The Kier molecular flexibility index (Phi) is 7.31. The lowest BCUT2D eigenvalue weighted by Crippen LogP contribution is -2.45. The summed E-state index contributed by atoms with van der Waals surface area (Å²) in [6.45, 7) is 11.3. The first kappa shape index (κ1) is 20.2. The van der Waals surface area contributed by atoms with Crippen molar-refractivity contribution < 1.29 is 0 Å². The Labute approximate surface area is 169 Å². The van der Waals surface area contributed by atoms with Crippen molar-refractivity contribution in [2.24, 2.45) is 4.99 Å². The third-order valence-corrected chi connectivity index (χ3v) is 5.00. The average Bonchev–Trinajstić information content (AvgIpc) is 2.73. The van der Waals surface area contributed by atoms with Crippen molar-refractivity contribution in [3.8, 4) is 0 Å². The molecule has 0 bridgehead atoms. The van der Waals surface area contributed by atoms with Gasteiger partial charge in [-0.1, -0.05) is 31.2 Å². The second kappa shape index (κ2) is 10.1. The summed E-state index contributed by atoms with van der Waals surface area (Å²) in [6, 6.07) is 0.352. The Morgan fingerprint density at radius 3 is 2.86 bits per heavy atom. The van der Waals surface area contributed by atoms with E-state index >= 15 is 0 Å². The van der Waals surface area contributed by atoms with Crippen molar-refractivity contribution in [2.45, 2.75) is 33.2 Å². The van der Waals surface area contributed by atoms with E-state index in [1.807, 2.05) is 19.2 Å². The van der Waals surface area contributed by atoms with Crippen molar-refractivity contribution in [1.29, 1.82) is 0 Å². The van der Waals surface area contributed by atoms with Crippen molar-refractivity contribution >= 4 is 5.71 Å². The Morgan fingerprint density at radius 1 is 1.29 bits per heavy atom. The fourth-order valence-corrected chi connectivity index (χ4v) is 3.54. The van der Waals surface area contributed by atoms with Crippen LogP contribution in [-0.4, -0.2) is 49.4 Å². The van der Waals surface area contributed by atoms with Gasteiger partial charge in [0.15, 0.2) is 0 Å². The van der Waals surface area contributed by atoms with E-state index in [-0.39, 0.29) is 0 Å². The van der Waals surface area contributed by atoms with E-state index in [1.165, 1.54) is 16.8 Å². The molecule has 1 saturated heterocycles. The molecule has 150 valence electrons. The van der Waals surface area contributed by atoms with Crippen LogP contribution in [0.2, 0.25) is 0 Å². The molecule has 0 aromatic heterocycles. The minimum Gasteiger partial charge on any atom is -0.383 e. The van der Waals surface area contributed by atoms with Gasteiger partial charge in [-0.3, -0.25) is 4.99 Å². The van der Waals surface area contributed by atoms with E-state index in [0.717, 1.165) is 50.6 Å². The van der Waals surface area contributed by atoms with Crippen LogP contribution in [0.4, 0.5) is 0 Å². The van der Waals surface area contributed by atoms with Gasteiger partial charge in [0, 0.05) is 51.2 Å². The molecule has 0 radical (unpaired) electrons. The van der Waals surface area contributed by atoms with E-state index in [2.05, 4.69) is 76.3 Å². The second-order valence-corrected chi connectivity index (χ2v) is 7.27. The first-order valence-electron chi connectivity index (χ1n) is 10.4. The van der Waals surface area contributed by atoms with Gasteiger partial charge < -0.3 is 20.9 Å². The summed E-state index contributed by atoms with van der Waals surface area (Å²) < 4.78 is 0. The number of piperazine rings is 1. The molecule has 1 atom stereocenters. The fraction of sp³-hybridized carbons (Fsp3) is 0.435. The smallest absolute Gasteiger partial charge is 0.0737 e. The number of nitrogens with one attached hydrogen (secondary N) is 3. The minimum atomic E-state index is 0.352. The number of rotatable bonds is 6. The molecule has 1 fully saturated rings. The lowest BCUT2D eigenvalue weighted by molar-refractivity contribution is 0.297. The third kappa shape index (κ3) is 5.26. The van der Waals surface area contributed by atoms with Gasteiger partial charge >= 0.3 is 0 Å². The predicted molar refractivity (Wildman–Crippen MR) is 119 cm³/mol. The zero-order chi connectivity index (χ0) is 19.8. The quantitative estimate of drug-likeness (QED) is 0.664. The molecule has 3 rings (SSSR count). The topological polar surface area (TPSA) is 51.7 Å². The summed E-state index contributed by atoms with van der Waals surface area (Å²) >= 11 is 0. The van der Waals surface area contributed by atoms with Crippen LogP contribution >= 0.6 is 0 Å². The normalized spacial score (nSPS) is 25.6. The molecule has 0 spiro atoms. The van der Waals surface area contributed by atoms with E-state index in [4.69, 9.17) is 0 Å². The maximum absolute atomic E-state index is 4.60. The largest absolute Gasteiger partial charge is 0.383 e. The molecule has 0 amide bonds. The highest BCUT2D eigenvalue weighted by Crippen LogP contribution is 2.20. The van der Waals surface area contributed by atoms with E-state index in [1.54, 1.807) is 0 Å². The maximum Gasteiger partial charge on any atom is 0.0737 e. The van der Waals surface area contributed by atoms with Crippen LogP contribution in [0.5, 0.6) is 0 Å². The van der Waals surface area contributed by atoms with Gasteiger partial charge in [-0.25, -0.2) is 0 Å². The molecular weight excluding hydrogens is 346 g/mol. The molecule has 5 nitrogen and oxygen atoms in total. The van der Waals surface area contributed by atoms with Crippen molar-refractivity contribution in [3.05, 3.63) is 71.4 Å². The third-order valence-electron chi connectivity index (χ3n) is 5.00. The van der Waals surface area contributed by atoms with Crippen molar-refractivity contribution in [1.82, 2.24) is 20.9 Å². The Bertz CT molecular complexity index is 758. The van der Waals surface area contributed by atoms with Crippen LogP contribution in [-0.2, 0) is 0 Å². The minimum absolute atomic E-state index is 0.352. The molecule has 1 unspecified atom stereocenters. The van der Waals surface area contributed by atoms with E-state index in [9.17, 15) is 0 Å². The highest BCUT2D eigenvalue weighted by atomic mass is 15.2. The lowest BCUT2D eigenvalue weighted by atomic mass is 9.99. The molecular formula is C23H33N5. The van der Waals surface area contributed by atoms with Crippen LogP contribution in [0, 0.1) is 0 Å². The second-order valence-electron chi connectivity index (χ2n) is 7.27. The predicted octanol–water partition coefficient (Wildman–Crippen LogP) is 3.01. The van der Waals surface area contributed by atoms with Gasteiger partial charge in [-0.15, -0.1) is 0 Å². The Hall–Kier alpha value is -2.53. The summed E-state index contributed by atoms with van der Waals surface area (Å²) in [4.78, 5) is 7.07. The first-order chi connectivity index (χ1) is 13.7. The van der Waals surface area contributed by atoms with Crippen LogP contribution < -0.4 is 16.0 Å². The number of allylic oxidation sites excluding steroid dienone is 5. The van der Waals surface area contributed by atoms with Gasteiger partial charge in [-0.2, -0.15) is 0 Å². The van der Waals surface area contributed by atoms with Crippen LogP contribution in [0.3, 0.4) is 0 Å².